The van der Waals surface area contributed by atoms with Crippen molar-refractivity contribution in [2.45, 2.75) is 46.0 Å². The molecular weight excluding hydrogens is 196 g/mol. The predicted octanol–water partition coefficient (Wildman–Crippen LogP) is 3.41. The Balaban J connectivity index is 3.09. The van der Waals surface area contributed by atoms with Crippen molar-refractivity contribution in [3.8, 4) is 0 Å². The molecule has 0 aliphatic carbocycles. The molecule has 0 amide bonds. The van der Waals surface area contributed by atoms with E-state index in [0.29, 0.717) is 0 Å². The first-order valence-electron chi connectivity index (χ1n) is 5.49. The fraction of sp³-hybridized carbons (Fsp3) is 0.909. The number of thioether (sulfide) groups is 1. The van der Waals surface area contributed by atoms with Crippen LogP contribution in [0.5, 0.6) is 0 Å². The largest absolute Gasteiger partial charge is 0.481 e. The molecule has 0 aromatic carbocycles. The van der Waals surface area contributed by atoms with E-state index >= 15 is 0 Å². The summed E-state index contributed by atoms with van der Waals surface area (Å²) in [4.78, 5) is 10.5. The van der Waals surface area contributed by atoms with Gasteiger partial charge in [0.05, 0.1) is 5.92 Å². The minimum atomic E-state index is -0.677. The van der Waals surface area contributed by atoms with E-state index in [9.17, 15) is 4.79 Å². The van der Waals surface area contributed by atoms with Gasteiger partial charge in [0, 0.05) is 5.75 Å². The maximum absolute atomic E-state index is 10.5. The standard InChI is InChI=1S/C11H22O2S/c1-3-4-5-6-7-8-14-9-10(2)11(12)13/h10H,3-9H2,1-2H3,(H,12,13). The first kappa shape index (κ1) is 13.8. The van der Waals surface area contributed by atoms with Gasteiger partial charge in [0.2, 0.25) is 0 Å². The van der Waals surface area contributed by atoms with Crippen LogP contribution in [0.15, 0.2) is 0 Å². The molecule has 0 heterocycles. The van der Waals surface area contributed by atoms with E-state index in [4.69, 9.17) is 5.11 Å². The minimum Gasteiger partial charge on any atom is -0.481 e. The molecular formula is C11H22O2S. The van der Waals surface area contributed by atoms with Gasteiger partial charge in [-0.25, -0.2) is 0 Å². The molecule has 0 spiro atoms. The lowest BCUT2D eigenvalue weighted by atomic mass is 10.2. The maximum atomic E-state index is 10.5. The molecule has 0 aromatic rings. The normalized spacial score (nSPS) is 12.7. The van der Waals surface area contributed by atoms with Crippen LogP contribution in [0.1, 0.15) is 46.0 Å². The summed E-state index contributed by atoms with van der Waals surface area (Å²) < 4.78 is 0. The van der Waals surface area contributed by atoms with E-state index in [1.54, 1.807) is 18.7 Å². The van der Waals surface area contributed by atoms with Crippen LogP contribution in [0, 0.1) is 5.92 Å². The first-order valence-corrected chi connectivity index (χ1v) is 6.64. The summed E-state index contributed by atoms with van der Waals surface area (Å²) in [5.74, 6) is 0.990. The van der Waals surface area contributed by atoms with Crippen LogP contribution in [-0.4, -0.2) is 22.6 Å². The Kier molecular flexibility index (Phi) is 9.26. The van der Waals surface area contributed by atoms with Crippen molar-refractivity contribution in [3.05, 3.63) is 0 Å². The molecule has 0 saturated heterocycles. The highest BCUT2D eigenvalue weighted by Crippen LogP contribution is 2.12. The molecule has 1 unspecified atom stereocenters. The fourth-order valence-corrected chi connectivity index (χ4v) is 2.21. The van der Waals surface area contributed by atoms with Crippen molar-refractivity contribution in [2.75, 3.05) is 11.5 Å². The number of carbonyl (C=O) groups is 1. The van der Waals surface area contributed by atoms with E-state index in [-0.39, 0.29) is 5.92 Å². The summed E-state index contributed by atoms with van der Waals surface area (Å²) in [5, 5.41) is 8.64. The highest BCUT2D eigenvalue weighted by atomic mass is 32.2. The molecule has 0 radical (unpaired) electrons. The average Bonchev–Trinajstić information content (AvgIpc) is 2.16. The monoisotopic (exact) mass is 218 g/mol. The van der Waals surface area contributed by atoms with Crippen LogP contribution < -0.4 is 0 Å². The topological polar surface area (TPSA) is 37.3 Å². The van der Waals surface area contributed by atoms with E-state index in [1.807, 2.05) is 0 Å². The van der Waals surface area contributed by atoms with Crippen molar-refractivity contribution in [2.24, 2.45) is 5.92 Å². The molecule has 84 valence electrons. The summed E-state index contributed by atoms with van der Waals surface area (Å²) in [7, 11) is 0. The van der Waals surface area contributed by atoms with Crippen molar-refractivity contribution in [3.63, 3.8) is 0 Å². The molecule has 1 N–H and O–H groups in total. The summed E-state index contributed by atoms with van der Waals surface area (Å²) in [5.41, 5.74) is 0. The summed E-state index contributed by atoms with van der Waals surface area (Å²) in [6, 6.07) is 0. The first-order chi connectivity index (χ1) is 6.68. The number of unbranched alkanes of at least 4 members (excludes halogenated alkanes) is 4. The van der Waals surface area contributed by atoms with Crippen molar-refractivity contribution in [1.82, 2.24) is 0 Å². The lowest BCUT2D eigenvalue weighted by molar-refractivity contribution is -0.140. The highest BCUT2D eigenvalue weighted by Gasteiger charge is 2.09. The average molecular weight is 218 g/mol. The van der Waals surface area contributed by atoms with Gasteiger partial charge in [-0.3, -0.25) is 4.79 Å². The number of carboxylic acids is 1. The van der Waals surface area contributed by atoms with Gasteiger partial charge >= 0.3 is 5.97 Å². The molecule has 1 atom stereocenters. The molecule has 3 heteroatoms. The van der Waals surface area contributed by atoms with Gasteiger partial charge in [-0.1, -0.05) is 39.5 Å². The van der Waals surface area contributed by atoms with Gasteiger partial charge in [-0.15, -0.1) is 0 Å². The molecule has 0 aliphatic rings. The molecule has 14 heavy (non-hydrogen) atoms. The fourth-order valence-electron chi connectivity index (χ4n) is 1.14. The maximum Gasteiger partial charge on any atom is 0.307 e. The smallest absolute Gasteiger partial charge is 0.307 e. The molecule has 0 aliphatic heterocycles. The Bertz CT molecular complexity index is 148. The Morgan fingerprint density at radius 1 is 1.29 bits per heavy atom. The van der Waals surface area contributed by atoms with E-state index in [1.165, 1.54) is 32.1 Å². The van der Waals surface area contributed by atoms with Gasteiger partial charge < -0.3 is 5.11 Å². The Morgan fingerprint density at radius 2 is 1.93 bits per heavy atom. The number of rotatable bonds is 9. The second-order valence-corrected chi connectivity index (χ2v) is 4.88. The second-order valence-electron chi connectivity index (χ2n) is 3.73. The molecule has 0 saturated carbocycles. The van der Waals surface area contributed by atoms with Gasteiger partial charge in [0.1, 0.15) is 0 Å². The summed E-state index contributed by atoms with van der Waals surface area (Å²) >= 11 is 1.77. The van der Waals surface area contributed by atoms with Gasteiger partial charge in [-0.2, -0.15) is 11.8 Å². The number of aliphatic carboxylic acids is 1. The molecule has 0 bridgehead atoms. The van der Waals surface area contributed by atoms with Crippen LogP contribution in [0.2, 0.25) is 0 Å². The summed E-state index contributed by atoms with van der Waals surface area (Å²) in [6.45, 7) is 3.98. The Hall–Kier alpha value is -0.180. The van der Waals surface area contributed by atoms with Crippen LogP contribution in [0.4, 0.5) is 0 Å². The molecule has 2 nitrogen and oxygen atoms in total. The van der Waals surface area contributed by atoms with Gasteiger partial charge in [-0.05, 0) is 12.2 Å². The molecule has 0 aromatic heterocycles. The van der Waals surface area contributed by atoms with Crippen LogP contribution in [0.3, 0.4) is 0 Å². The zero-order chi connectivity index (χ0) is 10.8. The lowest BCUT2D eigenvalue weighted by Crippen LogP contribution is -2.11. The number of hydrogen-bond acceptors (Lipinski definition) is 2. The van der Waals surface area contributed by atoms with Gasteiger partial charge in [0.25, 0.3) is 0 Å². The third-order valence-electron chi connectivity index (χ3n) is 2.18. The Morgan fingerprint density at radius 3 is 2.50 bits per heavy atom. The van der Waals surface area contributed by atoms with E-state index in [0.717, 1.165) is 11.5 Å². The third kappa shape index (κ3) is 8.42. The van der Waals surface area contributed by atoms with E-state index < -0.39 is 5.97 Å². The highest BCUT2D eigenvalue weighted by molar-refractivity contribution is 7.99. The van der Waals surface area contributed by atoms with Crippen molar-refractivity contribution < 1.29 is 9.90 Å². The van der Waals surface area contributed by atoms with E-state index in [2.05, 4.69) is 6.92 Å². The van der Waals surface area contributed by atoms with Crippen LogP contribution >= 0.6 is 11.8 Å². The zero-order valence-corrected chi connectivity index (χ0v) is 10.1. The van der Waals surface area contributed by atoms with Crippen molar-refractivity contribution in [1.29, 1.82) is 0 Å². The zero-order valence-electron chi connectivity index (χ0n) is 9.29. The van der Waals surface area contributed by atoms with Crippen LogP contribution in [0.25, 0.3) is 0 Å². The Labute approximate surface area is 91.5 Å². The molecule has 0 rings (SSSR count). The number of hydrogen-bond donors (Lipinski definition) is 1. The summed E-state index contributed by atoms with van der Waals surface area (Å²) in [6.07, 6.45) is 6.46. The third-order valence-corrected chi connectivity index (χ3v) is 3.49. The predicted molar refractivity (Wildman–Crippen MR) is 62.9 cm³/mol. The minimum absolute atomic E-state index is 0.198. The van der Waals surface area contributed by atoms with Crippen molar-refractivity contribution >= 4 is 17.7 Å². The quantitative estimate of drug-likeness (QED) is 0.603. The molecule has 0 fully saturated rings. The van der Waals surface area contributed by atoms with Crippen LogP contribution in [-0.2, 0) is 4.79 Å². The van der Waals surface area contributed by atoms with Gasteiger partial charge in [0.15, 0.2) is 0 Å². The second kappa shape index (κ2) is 9.38. The lowest BCUT2D eigenvalue weighted by Gasteiger charge is -2.05. The number of carboxylic acid groups (broad SMARTS) is 1. The SMILES string of the molecule is CCCCCCCSCC(C)C(=O)O.